The molecular formula is C17H22O4. The van der Waals surface area contributed by atoms with Crippen molar-refractivity contribution < 1.29 is 19.0 Å². The van der Waals surface area contributed by atoms with Crippen LogP contribution in [-0.4, -0.2) is 18.9 Å². The lowest BCUT2D eigenvalue weighted by molar-refractivity contribution is -0.130. The van der Waals surface area contributed by atoms with Gasteiger partial charge in [-0.1, -0.05) is 25.8 Å². The fourth-order valence-corrected chi connectivity index (χ4v) is 2.23. The molecule has 0 aliphatic heterocycles. The normalized spacial score (nSPS) is 15.5. The first-order chi connectivity index (χ1) is 10.1. The van der Waals surface area contributed by atoms with E-state index in [1.54, 1.807) is 31.2 Å². The van der Waals surface area contributed by atoms with Gasteiger partial charge in [0.05, 0.1) is 6.10 Å². The molecule has 1 fully saturated rings. The molecule has 4 nitrogen and oxygen atoms in total. The van der Waals surface area contributed by atoms with Gasteiger partial charge in [0.1, 0.15) is 11.5 Å². The van der Waals surface area contributed by atoms with Gasteiger partial charge in [-0.15, -0.1) is 0 Å². The van der Waals surface area contributed by atoms with E-state index in [9.17, 15) is 4.79 Å². The lowest BCUT2D eigenvalue weighted by Crippen LogP contribution is -2.19. The van der Waals surface area contributed by atoms with E-state index in [1.807, 2.05) is 0 Å². The summed E-state index contributed by atoms with van der Waals surface area (Å²) in [7, 11) is 0. The highest BCUT2D eigenvalue weighted by Gasteiger charge is 2.13. The smallest absolute Gasteiger partial charge is 0.338 e. The Kier molecular flexibility index (Phi) is 5.81. The van der Waals surface area contributed by atoms with Crippen molar-refractivity contribution in [2.45, 2.75) is 45.1 Å². The summed E-state index contributed by atoms with van der Waals surface area (Å²) in [5, 5.41) is 0. The minimum absolute atomic E-state index is 0.259. The number of esters is 1. The molecule has 0 heterocycles. The quantitative estimate of drug-likeness (QED) is 0.345. The van der Waals surface area contributed by atoms with Gasteiger partial charge >= 0.3 is 5.97 Å². The van der Waals surface area contributed by atoms with E-state index in [2.05, 4.69) is 6.58 Å². The number of carbonyl (C=O) groups excluding carboxylic acids is 1. The molecule has 0 saturated heterocycles. The Bertz CT molecular complexity index is 472. The summed E-state index contributed by atoms with van der Waals surface area (Å²) in [6, 6.07) is 6.89. The highest BCUT2D eigenvalue weighted by Crippen LogP contribution is 2.21. The standard InChI is InChI=1S/C17H22O4/c1-13(2)17(18)21-16-10-8-15(9-11-16)20-12-19-14-6-4-3-5-7-14/h8-11,14H,1,3-7,12H2,2H3. The van der Waals surface area contributed by atoms with Gasteiger partial charge in [0.25, 0.3) is 0 Å². The van der Waals surface area contributed by atoms with Gasteiger partial charge in [0.2, 0.25) is 0 Å². The third-order valence-electron chi connectivity index (χ3n) is 3.46. The fourth-order valence-electron chi connectivity index (χ4n) is 2.23. The van der Waals surface area contributed by atoms with E-state index in [1.165, 1.54) is 19.3 Å². The van der Waals surface area contributed by atoms with E-state index < -0.39 is 5.97 Å². The molecule has 0 atom stereocenters. The van der Waals surface area contributed by atoms with Crippen molar-refractivity contribution in [3.8, 4) is 11.5 Å². The summed E-state index contributed by atoms with van der Waals surface area (Å²) in [5.74, 6) is 0.744. The zero-order valence-corrected chi connectivity index (χ0v) is 12.5. The summed E-state index contributed by atoms with van der Waals surface area (Å²) in [6.45, 7) is 5.41. The maximum absolute atomic E-state index is 11.4. The number of carbonyl (C=O) groups is 1. The van der Waals surface area contributed by atoms with Gasteiger partial charge in [-0.25, -0.2) is 4.79 Å². The maximum atomic E-state index is 11.4. The van der Waals surface area contributed by atoms with Gasteiger partial charge in [-0.05, 0) is 44.0 Å². The van der Waals surface area contributed by atoms with Crippen LogP contribution < -0.4 is 9.47 Å². The molecule has 1 aromatic carbocycles. The first-order valence-corrected chi connectivity index (χ1v) is 7.37. The van der Waals surface area contributed by atoms with Crippen LogP contribution in [0.2, 0.25) is 0 Å². The molecule has 0 spiro atoms. The zero-order chi connectivity index (χ0) is 15.1. The molecule has 1 aliphatic rings. The van der Waals surface area contributed by atoms with Gasteiger partial charge in [0, 0.05) is 5.57 Å². The Labute approximate surface area is 125 Å². The maximum Gasteiger partial charge on any atom is 0.338 e. The van der Waals surface area contributed by atoms with Crippen molar-refractivity contribution in [2.24, 2.45) is 0 Å². The summed E-state index contributed by atoms with van der Waals surface area (Å²) >= 11 is 0. The van der Waals surface area contributed by atoms with Gasteiger partial charge in [0.15, 0.2) is 6.79 Å². The molecule has 1 aliphatic carbocycles. The van der Waals surface area contributed by atoms with E-state index in [0.29, 0.717) is 23.2 Å². The highest BCUT2D eigenvalue weighted by molar-refractivity contribution is 5.88. The first-order valence-electron chi connectivity index (χ1n) is 7.37. The third kappa shape index (κ3) is 5.23. The lowest BCUT2D eigenvalue weighted by Gasteiger charge is -2.21. The van der Waals surface area contributed by atoms with Crippen LogP contribution in [0.1, 0.15) is 39.0 Å². The topological polar surface area (TPSA) is 44.8 Å². The Morgan fingerprint density at radius 2 is 1.76 bits per heavy atom. The molecule has 0 N–H and O–H groups in total. The van der Waals surface area contributed by atoms with Crippen LogP contribution in [0, 0.1) is 0 Å². The molecule has 1 aromatic rings. The predicted octanol–water partition coefficient (Wildman–Crippen LogP) is 3.85. The van der Waals surface area contributed by atoms with Crippen molar-refractivity contribution in [1.29, 1.82) is 0 Å². The highest BCUT2D eigenvalue weighted by atomic mass is 16.7. The van der Waals surface area contributed by atoms with Crippen LogP contribution in [-0.2, 0) is 9.53 Å². The summed E-state index contributed by atoms with van der Waals surface area (Å²) < 4.78 is 16.3. The van der Waals surface area contributed by atoms with Crippen molar-refractivity contribution in [3.05, 3.63) is 36.4 Å². The molecule has 0 amide bonds. The fraction of sp³-hybridized carbons (Fsp3) is 0.471. The number of hydrogen-bond acceptors (Lipinski definition) is 4. The number of benzene rings is 1. The first kappa shape index (κ1) is 15.6. The third-order valence-corrected chi connectivity index (χ3v) is 3.46. The molecule has 4 heteroatoms. The number of hydrogen-bond donors (Lipinski definition) is 0. The predicted molar refractivity (Wildman–Crippen MR) is 80.3 cm³/mol. The molecule has 0 unspecified atom stereocenters. The van der Waals surface area contributed by atoms with Crippen molar-refractivity contribution >= 4 is 5.97 Å². The van der Waals surface area contributed by atoms with Crippen LogP contribution in [0.15, 0.2) is 36.4 Å². The number of rotatable bonds is 6. The number of ether oxygens (including phenoxy) is 3. The Balaban J connectivity index is 1.74. The van der Waals surface area contributed by atoms with Gasteiger partial charge in [-0.2, -0.15) is 0 Å². The molecule has 0 bridgehead atoms. The van der Waals surface area contributed by atoms with Crippen LogP contribution in [0.5, 0.6) is 11.5 Å². The minimum atomic E-state index is -0.427. The SMILES string of the molecule is C=C(C)C(=O)Oc1ccc(OCOC2CCCCC2)cc1. The monoisotopic (exact) mass is 290 g/mol. The van der Waals surface area contributed by atoms with E-state index in [4.69, 9.17) is 14.2 Å². The van der Waals surface area contributed by atoms with Crippen molar-refractivity contribution in [1.82, 2.24) is 0 Å². The molecular weight excluding hydrogens is 268 g/mol. The van der Waals surface area contributed by atoms with Gasteiger partial charge in [-0.3, -0.25) is 0 Å². The average molecular weight is 290 g/mol. The molecule has 0 aromatic heterocycles. The Hall–Kier alpha value is -1.81. The molecule has 2 rings (SSSR count). The summed E-state index contributed by atoms with van der Waals surface area (Å²) in [5.41, 5.74) is 0.371. The molecule has 1 saturated carbocycles. The van der Waals surface area contributed by atoms with Crippen LogP contribution >= 0.6 is 0 Å². The lowest BCUT2D eigenvalue weighted by atomic mass is 9.98. The van der Waals surface area contributed by atoms with E-state index in [0.717, 1.165) is 12.8 Å². The van der Waals surface area contributed by atoms with Crippen LogP contribution in [0.3, 0.4) is 0 Å². The average Bonchev–Trinajstić information content (AvgIpc) is 2.50. The van der Waals surface area contributed by atoms with E-state index >= 15 is 0 Å². The largest absolute Gasteiger partial charge is 0.468 e. The van der Waals surface area contributed by atoms with Gasteiger partial charge < -0.3 is 14.2 Å². The zero-order valence-electron chi connectivity index (χ0n) is 12.5. The minimum Gasteiger partial charge on any atom is -0.468 e. The van der Waals surface area contributed by atoms with Crippen molar-refractivity contribution in [2.75, 3.05) is 6.79 Å². The summed E-state index contributed by atoms with van der Waals surface area (Å²) in [6.07, 6.45) is 6.37. The van der Waals surface area contributed by atoms with Crippen LogP contribution in [0.25, 0.3) is 0 Å². The van der Waals surface area contributed by atoms with E-state index in [-0.39, 0.29) is 6.79 Å². The second kappa shape index (κ2) is 7.84. The second-order valence-corrected chi connectivity index (χ2v) is 5.33. The summed E-state index contributed by atoms with van der Waals surface area (Å²) in [4.78, 5) is 11.4. The Morgan fingerprint density at radius 1 is 1.14 bits per heavy atom. The Morgan fingerprint density at radius 3 is 2.38 bits per heavy atom. The molecule has 114 valence electrons. The molecule has 21 heavy (non-hydrogen) atoms. The molecule has 0 radical (unpaired) electrons. The second-order valence-electron chi connectivity index (χ2n) is 5.33. The van der Waals surface area contributed by atoms with Crippen molar-refractivity contribution in [3.63, 3.8) is 0 Å². The van der Waals surface area contributed by atoms with Crippen LogP contribution in [0.4, 0.5) is 0 Å².